The van der Waals surface area contributed by atoms with Crippen molar-refractivity contribution in [1.82, 2.24) is 0 Å². The average Bonchev–Trinajstić information content (AvgIpc) is 2.31. The van der Waals surface area contributed by atoms with Crippen molar-refractivity contribution >= 4 is 21.6 Å². The summed E-state index contributed by atoms with van der Waals surface area (Å²) in [7, 11) is 0. The maximum Gasteiger partial charge on any atom is 0.147 e. The lowest BCUT2D eigenvalue weighted by Crippen LogP contribution is -2.26. The van der Waals surface area contributed by atoms with Crippen molar-refractivity contribution in [2.45, 2.75) is 20.0 Å². The number of anilines is 1. The largest absolute Gasteiger partial charge is 0.389 e. The van der Waals surface area contributed by atoms with E-state index in [-0.39, 0.29) is 23.3 Å². The summed E-state index contributed by atoms with van der Waals surface area (Å²) in [5.74, 6) is -0.754. The maximum absolute atomic E-state index is 13.5. The third kappa shape index (κ3) is 5.84. The van der Waals surface area contributed by atoms with Crippen LogP contribution in [-0.2, 0) is 4.74 Å². The predicted octanol–water partition coefficient (Wildman–Crippen LogP) is 3.17. The van der Waals surface area contributed by atoms with Crippen LogP contribution in [0.15, 0.2) is 16.6 Å². The standard InChI is InChI=1S/C13H18BrF2NO2/c1-8(2)6-19-7-9(18)5-17-13-4-11(15)10(14)3-12(13)16/h3-4,8-9,17-18H,5-7H2,1-2H3. The van der Waals surface area contributed by atoms with Crippen molar-refractivity contribution < 1.29 is 18.6 Å². The van der Waals surface area contributed by atoms with Gasteiger partial charge in [-0.05, 0) is 27.9 Å². The molecule has 0 spiro atoms. The quantitative estimate of drug-likeness (QED) is 0.751. The van der Waals surface area contributed by atoms with Gasteiger partial charge >= 0.3 is 0 Å². The molecule has 0 fully saturated rings. The first kappa shape index (κ1) is 16.3. The summed E-state index contributed by atoms with van der Waals surface area (Å²) >= 11 is 2.90. The van der Waals surface area contributed by atoms with Crippen molar-refractivity contribution in [3.05, 3.63) is 28.2 Å². The summed E-state index contributed by atoms with van der Waals surface area (Å²) in [5.41, 5.74) is 0.0172. The van der Waals surface area contributed by atoms with Crippen molar-refractivity contribution in [3.8, 4) is 0 Å². The van der Waals surface area contributed by atoms with E-state index >= 15 is 0 Å². The molecule has 1 atom stereocenters. The molecule has 3 nitrogen and oxygen atoms in total. The molecule has 0 aliphatic carbocycles. The van der Waals surface area contributed by atoms with Crippen LogP contribution in [0.5, 0.6) is 0 Å². The van der Waals surface area contributed by atoms with Crippen LogP contribution < -0.4 is 5.32 Å². The van der Waals surface area contributed by atoms with E-state index < -0.39 is 17.7 Å². The highest BCUT2D eigenvalue weighted by Gasteiger charge is 2.10. The summed E-state index contributed by atoms with van der Waals surface area (Å²) in [5, 5.41) is 12.3. The minimum atomic E-state index is -0.773. The number of aliphatic hydroxyl groups is 1. The zero-order chi connectivity index (χ0) is 14.4. The number of hydrogen-bond donors (Lipinski definition) is 2. The van der Waals surface area contributed by atoms with E-state index in [1.54, 1.807) is 0 Å². The Kier molecular flexibility index (Phi) is 6.68. The highest BCUT2D eigenvalue weighted by Crippen LogP contribution is 2.23. The van der Waals surface area contributed by atoms with E-state index in [0.29, 0.717) is 12.5 Å². The molecular weight excluding hydrogens is 320 g/mol. The van der Waals surface area contributed by atoms with Gasteiger partial charge in [0.2, 0.25) is 0 Å². The maximum atomic E-state index is 13.5. The van der Waals surface area contributed by atoms with Gasteiger partial charge in [0.15, 0.2) is 0 Å². The second-order valence-electron chi connectivity index (χ2n) is 4.71. The molecule has 0 aliphatic heterocycles. The summed E-state index contributed by atoms with van der Waals surface area (Å²) in [4.78, 5) is 0. The molecule has 0 aliphatic rings. The Bertz CT molecular complexity index is 416. The van der Waals surface area contributed by atoms with E-state index in [4.69, 9.17) is 4.74 Å². The van der Waals surface area contributed by atoms with Gasteiger partial charge in [-0.25, -0.2) is 8.78 Å². The Labute approximate surface area is 120 Å². The van der Waals surface area contributed by atoms with Crippen molar-refractivity contribution in [1.29, 1.82) is 0 Å². The highest BCUT2D eigenvalue weighted by atomic mass is 79.9. The summed E-state index contributed by atoms with van der Waals surface area (Å²) in [6.45, 7) is 4.81. The van der Waals surface area contributed by atoms with Gasteiger partial charge in [-0.2, -0.15) is 0 Å². The molecule has 1 unspecified atom stereocenters. The summed E-state index contributed by atoms with van der Waals surface area (Å²) < 4.78 is 32.0. The van der Waals surface area contributed by atoms with Gasteiger partial charge in [0.1, 0.15) is 11.6 Å². The Hall–Kier alpha value is -0.720. The second-order valence-corrected chi connectivity index (χ2v) is 5.57. The minimum Gasteiger partial charge on any atom is -0.389 e. The Morgan fingerprint density at radius 3 is 2.58 bits per heavy atom. The predicted molar refractivity (Wildman–Crippen MR) is 74.2 cm³/mol. The van der Waals surface area contributed by atoms with Crippen LogP contribution in [-0.4, -0.2) is 31.0 Å². The lowest BCUT2D eigenvalue weighted by Gasteiger charge is -2.14. The van der Waals surface area contributed by atoms with Gasteiger partial charge in [-0.3, -0.25) is 0 Å². The first-order valence-corrected chi connectivity index (χ1v) is 6.83. The van der Waals surface area contributed by atoms with Gasteiger partial charge in [-0.15, -0.1) is 0 Å². The minimum absolute atomic E-state index is 0.0172. The monoisotopic (exact) mass is 337 g/mol. The number of ether oxygens (including phenoxy) is 1. The molecule has 6 heteroatoms. The number of hydrogen-bond acceptors (Lipinski definition) is 3. The number of halogens is 3. The van der Waals surface area contributed by atoms with E-state index in [0.717, 1.165) is 12.1 Å². The van der Waals surface area contributed by atoms with Crippen LogP contribution in [0.3, 0.4) is 0 Å². The van der Waals surface area contributed by atoms with Crippen LogP contribution in [0.4, 0.5) is 14.5 Å². The number of aliphatic hydroxyl groups excluding tert-OH is 1. The molecule has 2 N–H and O–H groups in total. The summed E-state index contributed by atoms with van der Waals surface area (Å²) in [6, 6.07) is 2.08. The molecular formula is C13H18BrF2NO2. The van der Waals surface area contributed by atoms with E-state index in [1.165, 1.54) is 0 Å². The van der Waals surface area contributed by atoms with E-state index in [2.05, 4.69) is 21.2 Å². The van der Waals surface area contributed by atoms with Crippen LogP contribution in [0.1, 0.15) is 13.8 Å². The molecule has 0 amide bonds. The topological polar surface area (TPSA) is 41.5 Å². The van der Waals surface area contributed by atoms with Crippen LogP contribution in [0, 0.1) is 17.6 Å². The van der Waals surface area contributed by atoms with Crippen molar-refractivity contribution in [2.24, 2.45) is 5.92 Å². The number of rotatable bonds is 7. The fourth-order valence-corrected chi connectivity index (χ4v) is 1.70. The van der Waals surface area contributed by atoms with E-state index in [1.807, 2.05) is 13.8 Å². The normalized spacial score (nSPS) is 12.8. The molecule has 108 valence electrons. The van der Waals surface area contributed by atoms with Crippen molar-refractivity contribution in [3.63, 3.8) is 0 Å². The van der Waals surface area contributed by atoms with Gasteiger partial charge < -0.3 is 15.2 Å². The Morgan fingerprint density at radius 1 is 1.26 bits per heavy atom. The first-order chi connectivity index (χ1) is 8.90. The molecule has 0 aromatic heterocycles. The molecule has 0 heterocycles. The van der Waals surface area contributed by atoms with Crippen LogP contribution in [0.25, 0.3) is 0 Å². The van der Waals surface area contributed by atoms with Gasteiger partial charge in [0.05, 0.1) is 22.9 Å². The first-order valence-electron chi connectivity index (χ1n) is 6.04. The van der Waals surface area contributed by atoms with Crippen molar-refractivity contribution in [2.75, 3.05) is 25.1 Å². The van der Waals surface area contributed by atoms with Crippen LogP contribution >= 0.6 is 15.9 Å². The number of benzene rings is 1. The van der Waals surface area contributed by atoms with Crippen LogP contribution in [0.2, 0.25) is 0 Å². The zero-order valence-electron chi connectivity index (χ0n) is 10.9. The average molecular weight is 338 g/mol. The molecule has 1 aromatic carbocycles. The number of nitrogens with one attached hydrogen (secondary N) is 1. The Balaban J connectivity index is 2.42. The highest BCUT2D eigenvalue weighted by molar-refractivity contribution is 9.10. The fraction of sp³-hybridized carbons (Fsp3) is 0.538. The second kappa shape index (κ2) is 7.77. The zero-order valence-corrected chi connectivity index (χ0v) is 12.5. The molecule has 0 bridgehead atoms. The van der Waals surface area contributed by atoms with E-state index in [9.17, 15) is 13.9 Å². The fourth-order valence-electron chi connectivity index (χ4n) is 1.38. The molecule has 1 rings (SSSR count). The SMILES string of the molecule is CC(C)COCC(O)CNc1cc(F)c(Br)cc1F. The Morgan fingerprint density at radius 2 is 1.95 bits per heavy atom. The summed E-state index contributed by atoms with van der Waals surface area (Å²) in [6.07, 6.45) is -0.773. The van der Waals surface area contributed by atoms with Gasteiger partial charge in [0, 0.05) is 19.2 Å². The third-order valence-corrected chi connectivity index (χ3v) is 2.91. The lowest BCUT2D eigenvalue weighted by molar-refractivity contribution is 0.0317. The molecule has 1 aromatic rings. The third-order valence-electron chi connectivity index (χ3n) is 2.30. The van der Waals surface area contributed by atoms with Gasteiger partial charge in [-0.1, -0.05) is 13.8 Å². The smallest absolute Gasteiger partial charge is 0.147 e. The molecule has 0 saturated heterocycles. The van der Waals surface area contributed by atoms with Gasteiger partial charge in [0.25, 0.3) is 0 Å². The molecule has 19 heavy (non-hydrogen) atoms. The molecule has 0 saturated carbocycles. The molecule has 0 radical (unpaired) electrons. The lowest BCUT2D eigenvalue weighted by atomic mass is 10.2.